The third kappa shape index (κ3) is 4.57. The molecule has 1 aliphatic rings. The molecule has 174 valence electrons. The number of imidazole rings is 1. The normalized spacial score (nSPS) is 13.2. The minimum atomic E-state index is 0.820. The van der Waals surface area contributed by atoms with E-state index in [2.05, 4.69) is 93.1 Å². The van der Waals surface area contributed by atoms with Gasteiger partial charge in [-0.3, -0.25) is 4.40 Å². The van der Waals surface area contributed by atoms with Crippen molar-refractivity contribution >= 4 is 39.2 Å². The molecule has 3 heterocycles. The third-order valence-corrected chi connectivity index (χ3v) is 7.41. The summed E-state index contributed by atoms with van der Waals surface area (Å²) in [7, 11) is 0. The van der Waals surface area contributed by atoms with Gasteiger partial charge in [-0.05, 0) is 73.6 Å². The molecule has 3 aromatic heterocycles. The Hall–Kier alpha value is -3.90. The number of hydrogen-bond donors (Lipinski definition) is 2. The number of hydrogen-bond acceptors (Lipinski definition) is 5. The lowest BCUT2D eigenvalue weighted by Crippen LogP contribution is -1.99. The Bertz CT molecular complexity index is 1510. The highest BCUT2D eigenvalue weighted by atomic mass is 32.1. The molecule has 5 aromatic rings. The second-order valence-electron chi connectivity index (χ2n) is 9.15. The van der Waals surface area contributed by atoms with Crippen LogP contribution < -0.4 is 10.6 Å². The average Bonchev–Trinajstić information content (AvgIpc) is 3.38. The van der Waals surface area contributed by atoms with Crippen LogP contribution in [0.5, 0.6) is 0 Å². The highest BCUT2D eigenvalue weighted by Crippen LogP contribution is 2.35. The molecule has 1 saturated carbocycles. The summed E-state index contributed by atoms with van der Waals surface area (Å²) in [6, 6.07) is 22.9. The maximum absolute atomic E-state index is 4.65. The molecule has 0 unspecified atom stereocenters. The van der Waals surface area contributed by atoms with Gasteiger partial charge in [-0.1, -0.05) is 54.3 Å². The predicted octanol–water partition coefficient (Wildman–Crippen LogP) is 7.55. The fourth-order valence-corrected chi connectivity index (χ4v) is 5.17. The molecule has 0 atom stereocenters. The quantitative estimate of drug-likeness (QED) is 0.242. The molecular weight excluding hydrogens is 450 g/mol. The van der Waals surface area contributed by atoms with Gasteiger partial charge in [-0.15, -0.1) is 0 Å². The molecule has 0 spiro atoms. The van der Waals surface area contributed by atoms with Crippen molar-refractivity contribution in [2.24, 2.45) is 5.92 Å². The summed E-state index contributed by atoms with van der Waals surface area (Å²) < 4.78 is 2.29. The zero-order valence-corrected chi connectivity index (χ0v) is 20.5. The molecule has 6 heteroatoms. The Balaban J connectivity index is 1.18. The van der Waals surface area contributed by atoms with E-state index in [4.69, 9.17) is 0 Å². The van der Waals surface area contributed by atoms with Crippen LogP contribution >= 0.6 is 11.3 Å². The molecule has 0 radical (unpaired) electrons. The molecule has 2 aromatic carbocycles. The van der Waals surface area contributed by atoms with E-state index in [-0.39, 0.29) is 0 Å². The van der Waals surface area contributed by atoms with Gasteiger partial charge in [0.2, 0.25) is 0 Å². The van der Waals surface area contributed by atoms with Crippen LogP contribution in [0.15, 0.2) is 85.7 Å². The maximum atomic E-state index is 4.65. The zero-order chi connectivity index (χ0) is 23.8. The largest absolute Gasteiger partial charge is 0.355 e. The highest BCUT2D eigenvalue weighted by Gasteiger charge is 2.23. The molecule has 0 amide bonds. The van der Waals surface area contributed by atoms with Gasteiger partial charge in [-0.2, -0.15) is 0 Å². The number of benzene rings is 2. The number of aryl methyl sites for hydroxylation is 1. The van der Waals surface area contributed by atoms with Gasteiger partial charge in [0.25, 0.3) is 0 Å². The van der Waals surface area contributed by atoms with Crippen molar-refractivity contribution in [2.75, 3.05) is 10.6 Å². The lowest BCUT2D eigenvalue weighted by molar-refractivity contribution is 0.791. The van der Waals surface area contributed by atoms with Crippen LogP contribution in [-0.2, 0) is 6.42 Å². The van der Waals surface area contributed by atoms with Crippen molar-refractivity contribution in [1.82, 2.24) is 14.4 Å². The number of nitrogens with zero attached hydrogens (tertiary/aromatic N) is 3. The Morgan fingerprint density at radius 3 is 2.63 bits per heavy atom. The van der Waals surface area contributed by atoms with E-state index in [1.807, 2.05) is 24.5 Å². The summed E-state index contributed by atoms with van der Waals surface area (Å²) in [5.41, 5.74) is 8.61. The summed E-state index contributed by atoms with van der Waals surface area (Å²) in [6.45, 7) is 6.30. The lowest BCUT2D eigenvalue weighted by atomic mass is 10.1. The van der Waals surface area contributed by atoms with E-state index in [0.29, 0.717) is 0 Å². The van der Waals surface area contributed by atoms with Crippen LogP contribution in [0, 0.1) is 12.8 Å². The van der Waals surface area contributed by atoms with Gasteiger partial charge in [0.15, 0.2) is 5.13 Å². The number of para-hydroxylation sites is 1. The van der Waals surface area contributed by atoms with Crippen LogP contribution in [0.2, 0.25) is 0 Å². The molecule has 1 aliphatic carbocycles. The van der Waals surface area contributed by atoms with Crippen molar-refractivity contribution in [3.63, 3.8) is 0 Å². The minimum absolute atomic E-state index is 0.820. The minimum Gasteiger partial charge on any atom is -0.355 e. The molecule has 35 heavy (non-hydrogen) atoms. The van der Waals surface area contributed by atoms with Crippen molar-refractivity contribution < 1.29 is 0 Å². The van der Waals surface area contributed by atoms with E-state index >= 15 is 0 Å². The predicted molar refractivity (Wildman–Crippen MR) is 146 cm³/mol. The first-order valence-electron chi connectivity index (χ1n) is 11.9. The summed E-state index contributed by atoms with van der Waals surface area (Å²) in [6.07, 6.45) is 7.69. The second kappa shape index (κ2) is 9.04. The van der Waals surface area contributed by atoms with Crippen LogP contribution in [-0.4, -0.2) is 14.4 Å². The summed E-state index contributed by atoms with van der Waals surface area (Å²) in [5.74, 6) is 0.820. The zero-order valence-electron chi connectivity index (χ0n) is 19.7. The van der Waals surface area contributed by atoms with Gasteiger partial charge in [0.1, 0.15) is 5.65 Å². The Labute approximate surface area is 209 Å². The number of nitrogens with one attached hydrogen (secondary N) is 2. The van der Waals surface area contributed by atoms with Gasteiger partial charge in [-0.25, -0.2) is 9.97 Å². The van der Waals surface area contributed by atoms with E-state index in [1.165, 1.54) is 24.1 Å². The number of thiazole rings is 1. The van der Waals surface area contributed by atoms with Gasteiger partial charge in [0.05, 0.1) is 16.8 Å². The van der Waals surface area contributed by atoms with Crippen molar-refractivity contribution in [2.45, 2.75) is 26.2 Å². The number of rotatable bonds is 8. The average molecular weight is 478 g/mol. The van der Waals surface area contributed by atoms with Crippen LogP contribution in [0.3, 0.4) is 0 Å². The number of anilines is 3. The van der Waals surface area contributed by atoms with Crippen LogP contribution in [0.25, 0.3) is 21.9 Å². The molecule has 6 rings (SSSR count). The Kier molecular flexibility index (Phi) is 5.58. The molecule has 0 aliphatic heterocycles. The summed E-state index contributed by atoms with van der Waals surface area (Å²) >= 11 is 1.64. The second-order valence-corrected chi connectivity index (χ2v) is 10.2. The molecule has 2 N–H and O–H groups in total. The van der Waals surface area contributed by atoms with E-state index in [0.717, 1.165) is 56.3 Å². The number of aromatic nitrogens is 3. The third-order valence-electron chi connectivity index (χ3n) is 6.48. The molecular formula is C29H27N5S. The van der Waals surface area contributed by atoms with E-state index < -0.39 is 0 Å². The van der Waals surface area contributed by atoms with Gasteiger partial charge < -0.3 is 10.6 Å². The smallest absolute Gasteiger partial charge is 0.187 e. The fraction of sp³-hybridized carbons (Fsp3) is 0.172. The highest BCUT2D eigenvalue weighted by molar-refractivity contribution is 7.18. The van der Waals surface area contributed by atoms with Crippen molar-refractivity contribution in [3.8, 4) is 10.6 Å². The molecule has 0 saturated heterocycles. The molecule has 5 nitrogen and oxygen atoms in total. The van der Waals surface area contributed by atoms with Gasteiger partial charge >= 0.3 is 0 Å². The molecule has 0 bridgehead atoms. The SMILES string of the molecule is C=C(Nc1ccccc1C)c1ccc(Nc2ncc(-c3cnc4cccc(CC5CC5)n34)s2)cc1. The summed E-state index contributed by atoms with van der Waals surface area (Å²) in [4.78, 5) is 10.4. The summed E-state index contributed by atoms with van der Waals surface area (Å²) in [5, 5.41) is 7.72. The van der Waals surface area contributed by atoms with Crippen molar-refractivity contribution in [1.29, 1.82) is 0 Å². The van der Waals surface area contributed by atoms with Gasteiger partial charge in [0, 0.05) is 29.0 Å². The van der Waals surface area contributed by atoms with E-state index in [1.54, 1.807) is 11.3 Å². The van der Waals surface area contributed by atoms with Crippen LogP contribution in [0.1, 0.15) is 29.7 Å². The standard InChI is InChI=1S/C29H27N5S/c1-19-6-3-4-8-25(19)32-20(2)22-12-14-23(15-13-22)33-29-31-18-27(35-29)26-17-30-28-9-5-7-24(34(26)28)16-21-10-11-21/h3-9,12-15,17-18,21,32H,2,10-11,16H2,1H3,(H,31,33). The molecule has 1 fully saturated rings. The maximum Gasteiger partial charge on any atom is 0.187 e. The Morgan fingerprint density at radius 2 is 1.83 bits per heavy atom. The monoisotopic (exact) mass is 477 g/mol. The fourth-order valence-electron chi connectivity index (χ4n) is 4.33. The first-order chi connectivity index (χ1) is 17.1. The number of pyridine rings is 1. The topological polar surface area (TPSA) is 54.2 Å². The lowest BCUT2D eigenvalue weighted by Gasteiger charge is -2.12. The number of fused-ring (bicyclic) bond motifs is 1. The van der Waals surface area contributed by atoms with E-state index in [9.17, 15) is 0 Å². The van der Waals surface area contributed by atoms with Crippen molar-refractivity contribution in [3.05, 3.63) is 103 Å². The first kappa shape index (κ1) is 21.6. The first-order valence-corrected chi connectivity index (χ1v) is 12.8. The van der Waals surface area contributed by atoms with Crippen LogP contribution in [0.4, 0.5) is 16.5 Å². The Morgan fingerprint density at radius 1 is 1.00 bits per heavy atom.